The van der Waals surface area contributed by atoms with Crippen molar-refractivity contribution in [3.8, 4) is 0 Å². The zero-order valence-electron chi connectivity index (χ0n) is 11.8. The quantitative estimate of drug-likeness (QED) is 0.885. The smallest absolute Gasteiger partial charge is 0.308 e. The first-order valence-corrected chi connectivity index (χ1v) is 7.13. The van der Waals surface area contributed by atoms with Gasteiger partial charge < -0.3 is 10.0 Å². The molecule has 0 spiro atoms. The van der Waals surface area contributed by atoms with Gasteiger partial charge in [0.2, 0.25) is 0 Å². The highest BCUT2D eigenvalue weighted by atomic mass is 16.4. The SMILES string of the molecule is CCc1ccc(CCN2C[C@@H](C)[C@H](C(=O)O)C2)cc1. The monoisotopic (exact) mass is 261 g/mol. The van der Waals surface area contributed by atoms with Crippen molar-refractivity contribution in [1.29, 1.82) is 0 Å². The van der Waals surface area contributed by atoms with Crippen LogP contribution in [-0.4, -0.2) is 35.6 Å². The molecule has 0 amide bonds. The number of likely N-dealkylation sites (tertiary alicyclic amines) is 1. The van der Waals surface area contributed by atoms with Gasteiger partial charge in [-0.05, 0) is 29.9 Å². The van der Waals surface area contributed by atoms with E-state index in [1.54, 1.807) is 0 Å². The average Bonchev–Trinajstić information content (AvgIpc) is 2.78. The minimum absolute atomic E-state index is 0.192. The maximum atomic E-state index is 11.1. The molecule has 1 saturated heterocycles. The number of benzene rings is 1. The Balaban J connectivity index is 1.84. The zero-order chi connectivity index (χ0) is 13.8. The summed E-state index contributed by atoms with van der Waals surface area (Å²) in [7, 11) is 0. The molecule has 0 aliphatic carbocycles. The summed E-state index contributed by atoms with van der Waals surface area (Å²) in [5, 5.41) is 9.12. The molecule has 1 aromatic carbocycles. The number of nitrogens with zero attached hydrogens (tertiary/aromatic N) is 1. The highest BCUT2D eigenvalue weighted by Crippen LogP contribution is 2.23. The third-order valence-corrected chi connectivity index (χ3v) is 4.15. The lowest BCUT2D eigenvalue weighted by atomic mass is 9.99. The van der Waals surface area contributed by atoms with E-state index in [9.17, 15) is 4.79 Å². The molecule has 0 unspecified atom stereocenters. The highest BCUT2D eigenvalue weighted by molar-refractivity contribution is 5.71. The summed E-state index contributed by atoms with van der Waals surface area (Å²) in [5.41, 5.74) is 2.70. The zero-order valence-corrected chi connectivity index (χ0v) is 11.8. The van der Waals surface area contributed by atoms with Crippen molar-refractivity contribution in [2.24, 2.45) is 11.8 Å². The van der Waals surface area contributed by atoms with Crippen LogP contribution in [0.2, 0.25) is 0 Å². The molecule has 3 heteroatoms. The van der Waals surface area contributed by atoms with E-state index in [-0.39, 0.29) is 11.8 Å². The third-order valence-electron chi connectivity index (χ3n) is 4.15. The molecule has 0 aromatic heterocycles. The summed E-state index contributed by atoms with van der Waals surface area (Å²) < 4.78 is 0. The molecule has 19 heavy (non-hydrogen) atoms. The van der Waals surface area contributed by atoms with Crippen LogP contribution in [0.4, 0.5) is 0 Å². The summed E-state index contributed by atoms with van der Waals surface area (Å²) in [5.74, 6) is -0.579. The van der Waals surface area contributed by atoms with Gasteiger partial charge in [0.15, 0.2) is 0 Å². The van der Waals surface area contributed by atoms with Crippen LogP contribution in [-0.2, 0) is 17.6 Å². The van der Waals surface area contributed by atoms with E-state index in [0.29, 0.717) is 6.54 Å². The maximum Gasteiger partial charge on any atom is 0.308 e. The number of carboxylic acid groups (broad SMARTS) is 1. The molecule has 0 radical (unpaired) electrons. The van der Waals surface area contributed by atoms with Gasteiger partial charge in [-0.1, -0.05) is 38.1 Å². The first-order chi connectivity index (χ1) is 9.10. The molecule has 0 bridgehead atoms. The summed E-state index contributed by atoms with van der Waals surface area (Å²) in [6.07, 6.45) is 2.08. The topological polar surface area (TPSA) is 40.5 Å². The Bertz CT molecular complexity index is 427. The van der Waals surface area contributed by atoms with E-state index in [4.69, 9.17) is 5.11 Å². The van der Waals surface area contributed by atoms with Crippen molar-refractivity contribution in [3.05, 3.63) is 35.4 Å². The summed E-state index contributed by atoms with van der Waals surface area (Å²) in [6.45, 7) is 6.76. The molecule has 3 nitrogen and oxygen atoms in total. The number of carboxylic acids is 1. The lowest BCUT2D eigenvalue weighted by Crippen LogP contribution is -2.25. The first kappa shape index (κ1) is 14.1. The number of carbonyl (C=O) groups is 1. The number of hydrogen-bond donors (Lipinski definition) is 1. The molecular formula is C16H23NO2. The molecule has 1 aromatic rings. The molecule has 1 heterocycles. The van der Waals surface area contributed by atoms with Crippen molar-refractivity contribution in [3.63, 3.8) is 0 Å². The Labute approximate surface area is 115 Å². The van der Waals surface area contributed by atoms with Crippen LogP contribution in [0.15, 0.2) is 24.3 Å². The molecule has 1 aliphatic heterocycles. The largest absolute Gasteiger partial charge is 0.481 e. The Hall–Kier alpha value is -1.35. The lowest BCUT2D eigenvalue weighted by Gasteiger charge is -2.15. The van der Waals surface area contributed by atoms with Gasteiger partial charge in [0, 0.05) is 19.6 Å². The highest BCUT2D eigenvalue weighted by Gasteiger charge is 2.34. The fourth-order valence-corrected chi connectivity index (χ4v) is 2.80. The average molecular weight is 261 g/mol. The molecule has 2 atom stereocenters. The van der Waals surface area contributed by atoms with E-state index in [1.165, 1.54) is 11.1 Å². The molecule has 1 N–H and O–H groups in total. The van der Waals surface area contributed by atoms with Crippen LogP contribution in [0.5, 0.6) is 0 Å². The number of rotatable bonds is 5. The standard InChI is InChI=1S/C16H23NO2/c1-3-13-4-6-14(7-5-13)8-9-17-10-12(2)15(11-17)16(18)19/h4-7,12,15H,3,8-11H2,1-2H3,(H,18,19)/t12-,15-/m1/s1. The van der Waals surface area contributed by atoms with Gasteiger partial charge in [0.05, 0.1) is 5.92 Å². The normalized spacial score (nSPS) is 23.7. The van der Waals surface area contributed by atoms with Crippen molar-refractivity contribution in [2.75, 3.05) is 19.6 Å². The molecular weight excluding hydrogens is 238 g/mol. The molecule has 104 valence electrons. The van der Waals surface area contributed by atoms with Gasteiger partial charge in [-0.25, -0.2) is 0 Å². The fraction of sp³-hybridized carbons (Fsp3) is 0.562. The second-order valence-corrected chi connectivity index (χ2v) is 5.60. The van der Waals surface area contributed by atoms with Crippen molar-refractivity contribution in [1.82, 2.24) is 4.90 Å². The Morgan fingerprint density at radius 2 is 1.89 bits per heavy atom. The van der Waals surface area contributed by atoms with Gasteiger partial charge in [-0.15, -0.1) is 0 Å². The van der Waals surface area contributed by atoms with Gasteiger partial charge in [0.25, 0.3) is 0 Å². The number of hydrogen-bond acceptors (Lipinski definition) is 2. The minimum Gasteiger partial charge on any atom is -0.481 e. The summed E-state index contributed by atoms with van der Waals surface area (Å²) in [6, 6.07) is 8.74. The Morgan fingerprint density at radius 1 is 1.26 bits per heavy atom. The molecule has 1 fully saturated rings. The van der Waals surface area contributed by atoms with Crippen LogP contribution in [0, 0.1) is 11.8 Å². The van der Waals surface area contributed by atoms with Crippen LogP contribution in [0.3, 0.4) is 0 Å². The molecule has 1 aliphatic rings. The predicted octanol–water partition coefficient (Wildman–Crippen LogP) is 2.44. The van der Waals surface area contributed by atoms with Crippen LogP contribution < -0.4 is 0 Å². The molecule has 2 rings (SSSR count). The summed E-state index contributed by atoms with van der Waals surface area (Å²) in [4.78, 5) is 13.4. The van der Waals surface area contributed by atoms with E-state index in [0.717, 1.165) is 25.9 Å². The van der Waals surface area contributed by atoms with Crippen LogP contribution >= 0.6 is 0 Å². The van der Waals surface area contributed by atoms with Crippen LogP contribution in [0.1, 0.15) is 25.0 Å². The van der Waals surface area contributed by atoms with Crippen LogP contribution in [0.25, 0.3) is 0 Å². The van der Waals surface area contributed by atoms with Crippen molar-refractivity contribution in [2.45, 2.75) is 26.7 Å². The van der Waals surface area contributed by atoms with E-state index < -0.39 is 5.97 Å². The van der Waals surface area contributed by atoms with Crippen molar-refractivity contribution >= 4 is 5.97 Å². The minimum atomic E-state index is -0.651. The molecule has 0 saturated carbocycles. The van der Waals surface area contributed by atoms with Gasteiger partial charge in [-0.2, -0.15) is 0 Å². The lowest BCUT2D eigenvalue weighted by molar-refractivity contribution is -0.142. The van der Waals surface area contributed by atoms with E-state index in [1.807, 2.05) is 6.92 Å². The van der Waals surface area contributed by atoms with E-state index >= 15 is 0 Å². The third kappa shape index (κ3) is 3.57. The number of aliphatic carboxylic acids is 1. The Kier molecular flexibility index (Phi) is 4.59. The second kappa shape index (κ2) is 6.20. The van der Waals surface area contributed by atoms with Gasteiger partial charge in [0.1, 0.15) is 0 Å². The number of aryl methyl sites for hydroxylation is 1. The van der Waals surface area contributed by atoms with Gasteiger partial charge >= 0.3 is 5.97 Å². The first-order valence-electron chi connectivity index (χ1n) is 7.13. The fourth-order valence-electron chi connectivity index (χ4n) is 2.80. The van der Waals surface area contributed by atoms with E-state index in [2.05, 4.69) is 36.1 Å². The van der Waals surface area contributed by atoms with Crippen molar-refractivity contribution < 1.29 is 9.90 Å². The van der Waals surface area contributed by atoms with Gasteiger partial charge in [-0.3, -0.25) is 4.79 Å². The second-order valence-electron chi connectivity index (χ2n) is 5.60. The Morgan fingerprint density at radius 3 is 2.42 bits per heavy atom. The maximum absolute atomic E-state index is 11.1. The summed E-state index contributed by atoms with van der Waals surface area (Å²) >= 11 is 0. The predicted molar refractivity (Wildman–Crippen MR) is 76.3 cm³/mol.